The van der Waals surface area contributed by atoms with Crippen molar-refractivity contribution in [3.05, 3.63) is 45.8 Å². The van der Waals surface area contributed by atoms with Crippen molar-refractivity contribution in [2.24, 2.45) is 0 Å². The summed E-state index contributed by atoms with van der Waals surface area (Å²) in [5, 5.41) is 16.9. The highest BCUT2D eigenvalue weighted by Crippen LogP contribution is 2.34. The summed E-state index contributed by atoms with van der Waals surface area (Å²) in [6.07, 6.45) is 0. The van der Waals surface area contributed by atoms with Gasteiger partial charge in [-0.15, -0.1) is 21.5 Å². The van der Waals surface area contributed by atoms with E-state index in [1.54, 1.807) is 28.0 Å². The second-order valence-electron chi connectivity index (χ2n) is 4.23. The molecule has 4 rings (SSSR count). The van der Waals surface area contributed by atoms with Gasteiger partial charge in [0, 0.05) is 10.6 Å². The Bertz CT molecular complexity index is 927. The van der Waals surface area contributed by atoms with E-state index in [2.05, 4.69) is 15.3 Å². The number of aromatic nitrogens is 4. The summed E-state index contributed by atoms with van der Waals surface area (Å²) in [7, 11) is 0. The first-order chi connectivity index (χ1) is 10.2. The van der Waals surface area contributed by atoms with Gasteiger partial charge in [0.2, 0.25) is 4.96 Å². The molecule has 0 fully saturated rings. The lowest BCUT2D eigenvalue weighted by molar-refractivity contribution is 0.974. The molecular weight excluding hydrogens is 347 g/mol. The van der Waals surface area contributed by atoms with E-state index in [0.717, 1.165) is 26.2 Å². The minimum absolute atomic E-state index is 0.574. The van der Waals surface area contributed by atoms with Crippen LogP contribution in [0.2, 0.25) is 10.0 Å². The van der Waals surface area contributed by atoms with Gasteiger partial charge in [0.15, 0.2) is 5.82 Å². The second kappa shape index (κ2) is 5.06. The van der Waals surface area contributed by atoms with E-state index in [9.17, 15) is 0 Å². The number of hydrogen-bond acceptors (Lipinski definition) is 5. The molecular formula is C13H6Cl2N4S2. The van der Waals surface area contributed by atoms with Crippen LogP contribution in [-0.2, 0) is 0 Å². The molecule has 4 aromatic rings. The van der Waals surface area contributed by atoms with E-state index < -0.39 is 0 Å². The summed E-state index contributed by atoms with van der Waals surface area (Å²) in [6.45, 7) is 0. The fourth-order valence-corrected chi connectivity index (χ4v) is 4.07. The van der Waals surface area contributed by atoms with Crippen molar-refractivity contribution < 1.29 is 0 Å². The van der Waals surface area contributed by atoms with Crippen molar-refractivity contribution in [3.63, 3.8) is 0 Å². The molecule has 4 nitrogen and oxygen atoms in total. The van der Waals surface area contributed by atoms with E-state index in [-0.39, 0.29) is 0 Å². The lowest BCUT2D eigenvalue weighted by Crippen LogP contribution is -1.89. The number of thiophene rings is 1. The summed E-state index contributed by atoms with van der Waals surface area (Å²) in [4.78, 5) is 1.76. The third-order valence-corrected chi connectivity index (χ3v) is 5.24. The molecule has 0 aliphatic carbocycles. The van der Waals surface area contributed by atoms with Crippen molar-refractivity contribution >= 4 is 50.8 Å². The number of hydrogen-bond donors (Lipinski definition) is 0. The van der Waals surface area contributed by atoms with Crippen LogP contribution in [0.1, 0.15) is 0 Å². The predicted molar refractivity (Wildman–Crippen MR) is 87.4 cm³/mol. The van der Waals surface area contributed by atoms with Gasteiger partial charge in [-0.1, -0.05) is 40.6 Å². The van der Waals surface area contributed by atoms with Crippen LogP contribution >= 0.6 is 45.9 Å². The Kier molecular flexibility index (Phi) is 3.19. The summed E-state index contributed by atoms with van der Waals surface area (Å²) < 4.78 is 1.75. The third kappa shape index (κ3) is 2.24. The first kappa shape index (κ1) is 13.2. The Morgan fingerprint density at radius 3 is 2.76 bits per heavy atom. The van der Waals surface area contributed by atoms with Gasteiger partial charge in [-0.2, -0.15) is 9.61 Å². The Hall–Kier alpha value is -1.47. The zero-order chi connectivity index (χ0) is 14.4. The first-order valence-corrected chi connectivity index (χ1v) is 8.39. The van der Waals surface area contributed by atoms with Crippen molar-refractivity contribution in [2.75, 3.05) is 0 Å². The topological polar surface area (TPSA) is 43.1 Å². The molecule has 3 heterocycles. The fourth-order valence-electron chi connectivity index (χ4n) is 1.95. The Labute approximate surface area is 137 Å². The first-order valence-electron chi connectivity index (χ1n) is 5.94. The van der Waals surface area contributed by atoms with E-state index >= 15 is 0 Å². The average molecular weight is 353 g/mol. The Balaban J connectivity index is 1.88. The molecule has 0 spiro atoms. The minimum atomic E-state index is 0.574. The van der Waals surface area contributed by atoms with Gasteiger partial charge in [0.25, 0.3) is 0 Å². The van der Waals surface area contributed by atoms with Crippen molar-refractivity contribution in [1.82, 2.24) is 19.8 Å². The highest BCUT2D eigenvalue weighted by atomic mass is 35.5. The van der Waals surface area contributed by atoms with Crippen LogP contribution in [0.3, 0.4) is 0 Å². The molecule has 1 aromatic carbocycles. The SMILES string of the molecule is Clc1ccc(-c2nn3c(-c4cccs4)nnc3s2)c(Cl)c1. The number of fused-ring (bicyclic) bond motifs is 1. The normalized spacial score (nSPS) is 11.3. The molecule has 0 aliphatic rings. The fraction of sp³-hybridized carbons (Fsp3) is 0. The quantitative estimate of drug-likeness (QED) is 0.515. The molecule has 0 aliphatic heterocycles. The number of rotatable bonds is 2. The minimum Gasteiger partial charge on any atom is -0.181 e. The van der Waals surface area contributed by atoms with Gasteiger partial charge in [-0.3, -0.25) is 0 Å². The van der Waals surface area contributed by atoms with Crippen molar-refractivity contribution in [3.8, 4) is 21.3 Å². The summed E-state index contributed by atoms with van der Waals surface area (Å²) in [5.41, 5.74) is 0.841. The van der Waals surface area contributed by atoms with Gasteiger partial charge in [0.05, 0.1) is 9.90 Å². The molecule has 3 aromatic heterocycles. The summed E-state index contributed by atoms with van der Waals surface area (Å²) >= 11 is 15.2. The molecule has 8 heteroatoms. The van der Waals surface area contributed by atoms with Crippen LogP contribution < -0.4 is 0 Å². The highest BCUT2D eigenvalue weighted by Gasteiger charge is 2.16. The van der Waals surface area contributed by atoms with Crippen LogP contribution in [0.25, 0.3) is 26.2 Å². The average Bonchev–Trinajstić information content (AvgIpc) is 3.13. The van der Waals surface area contributed by atoms with Gasteiger partial charge < -0.3 is 0 Å². The van der Waals surface area contributed by atoms with Gasteiger partial charge >= 0.3 is 0 Å². The van der Waals surface area contributed by atoms with E-state index in [4.69, 9.17) is 23.2 Å². The lowest BCUT2D eigenvalue weighted by atomic mass is 10.2. The smallest absolute Gasteiger partial charge is 0.181 e. The maximum Gasteiger partial charge on any atom is 0.235 e. The zero-order valence-corrected chi connectivity index (χ0v) is 13.5. The standard InChI is InChI=1S/C13H6Cl2N4S2/c14-7-3-4-8(9(15)6-7)12-18-19-11(10-2-1-5-20-10)16-17-13(19)21-12/h1-6H. The maximum absolute atomic E-state index is 6.24. The summed E-state index contributed by atoms with van der Waals surface area (Å²) in [5.74, 6) is 0.743. The van der Waals surface area contributed by atoms with Crippen LogP contribution in [0.15, 0.2) is 35.7 Å². The molecule has 0 saturated heterocycles. The van der Waals surface area contributed by atoms with Crippen LogP contribution in [0.4, 0.5) is 0 Å². The van der Waals surface area contributed by atoms with Crippen molar-refractivity contribution in [1.29, 1.82) is 0 Å². The maximum atomic E-state index is 6.24. The molecule has 0 saturated carbocycles. The molecule has 0 unspecified atom stereocenters. The molecule has 0 bridgehead atoms. The Morgan fingerprint density at radius 1 is 1.10 bits per heavy atom. The van der Waals surface area contributed by atoms with Gasteiger partial charge in [-0.25, -0.2) is 0 Å². The number of benzene rings is 1. The summed E-state index contributed by atoms with van der Waals surface area (Å²) in [6, 6.07) is 9.34. The van der Waals surface area contributed by atoms with Crippen LogP contribution in [0, 0.1) is 0 Å². The van der Waals surface area contributed by atoms with Gasteiger partial charge in [-0.05, 0) is 29.6 Å². The molecule has 0 N–H and O–H groups in total. The third-order valence-electron chi connectivity index (χ3n) is 2.89. The largest absolute Gasteiger partial charge is 0.235 e. The zero-order valence-electron chi connectivity index (χ0n) is 10.3. The second-order valence-corrected chi connectivity index (χ2v) is 6.97. The number of halogens is 2. The molecule has 21 heavy (non-hydrogen) atoms. The monoisotopic (exact) mass is 352 g/mol. The van der Waals surface area contributed by atoms with Crippen LogP contribution in [-0.4, -0.2) is 19.8 Å². The van der Waals surface area contributed by atoms with Crippen molar-refractivity contribution in [2.45, 2.75) is 0 Å². The van der Waals surface area contributed by atoms with E-state index in [0.29, 0.717) is 10.0 Å². The van der Waals surface area contributed by atoms with E-state index in [1.807, 2.05) is 23.6 Å². The van der Waals surface area contributed by atoms with Gasteiger partial charge in [0.1, 0.15) is 5.01 Å². The van der Waals surface area contributed by atoms with Crippen LogP contribution in [0.5, 0.6) is 0 Å². The predicted octanol–water partition coefficient (Wildman–Crippen LogP) is 4.89. The lowest BCUT2D eigenvalue weighted by Gasteiger charge is -1.99. The van der Waals surface area contributed by atoms with E-state index in [1.165, 1.54) is 11.3 Å². The molecule has 0 radical (unpaired) electrons. The molecule has 0 atom stereocenters. The number of nitrogens with zero attached hydrogens (tertiary/aromatic N) is 4. The highest BCUT2D eigenvalue weighted by molar-refractivity contribution is 7.20. The Morgan fingerprint density at radius 2 is 2.00 bits per heavy atom. The molecule has 104 valence electrons. The molecule has 0 amide bonds.